The minimum absolute atomic E-state index is 0.0493. The zero-order valence-corrected chi connectivity index (χ0v) is 12.9. The third-order valence-electron chi connectivity index (χ3n) is 4.34. The Morgan fingerprint density at radius 1 is 1.29 bits per heavy atom. The van der Waals surface area contributed by atoms with Gasteiger partial charge in [-0.25, -0.2) is 13.1 Å². The lowest BCUT2D eigenvalue weighted by Crippen LogP contribution is -2.45. The summed E-state index contributed by atoms with van der Waals surface area (Å²) in [7, 11) is -3.66. The molecule has 0 saturated heterocycles. The van der Waals surface area contributed by atoms with Gasteiger partial charge in [-0.05, 0) is 43.7 Å². The van der Waals surface area contributed by atoms with Crippen molar-refractivity contribution >= 4 is 16.0 Å². The van der Waals surface area contributed by atoms with Crippen LogP contribution in [0.15, 0.2) is 35.2 Å². The molecule has 1 aromatic carbocycles. The second-order valence-corrected chi connectivity index (χ2v) is 7.67. The summed E-state index contributed by atoms with van der Waals surface area (Å²) in [5, 5.41) is 9.51. The van der Waals surface area contributed by atoms with Crippen molar-refractivity contribution in [2.45, 2.75) is 37.5 Å². The van der Waals surface area contributed by atoms with Crippen LogP contribution in [0, 0.1) is 11.3 Å². The molecule has 0 unspecified atom stereocenters. The summed E-state index contributed by atoms with van der Waals surface area (Å²) >= 11 is 0. The average Bonchev–Trinajstić information content (AvgIpc) is 2.48. The third kappa shape index (κ3) is 3.63. The molecular formula is C15H21NO4S. The molecule has 1 fully saturated rings. The molecule has 5 nitrogen and oxygen atoms in total. The van der Waals surface area contributed by atoms with Gasteiger partial charge >= 0.3 is 5.97 Å². The Hall–Kier alpha value is -1.40. The van der Waals surface area contributed by atoms with Gasteiger partial charge in [0.05, 0.1) is 10.3 Å². The molecule has 2 rings (SSSR count). The van der Waals surface area contributed by atoms with E-state index in [2.05, 4.69) is 11.6 Å². The van der Waals surface area contributed by atoms with Crippen molar-refractivity contribution in [3.05, 3.63) is 30.3 Å². The molecule has 116 valence electrons. The van der Waals surface area contributed by atoms with Crippen LogP contribution >= 0.6 is 0 Å². The summed E-state index contributed by atoms with van der Waals surface area (Å²) in [5.74, 6) is -0.409. The van der Waals surface area contributed by atoms with E-state index in [0.717, 1.165) is 12.8 Å². The number of nitrogens with one attached hydrogen (secondary N) is 1. The minimum atomic E-state index is -3.66. The summed E-state index contributed by atoms with van der Waals surface area (Å²) < 4.78 is 26.9. The van der Waals surface area contributed by atoms with Crippen molar-refractivity contribution < 1.29 is 18.3 Å². The van der Waals surface area contributed by atoms with E-state index in [1.165, 1.54) is 12.1 Å². The van der Waals surface area contributed by atoms with E-state index < -0.39 is 21.4 Å². The van der Waals surface area contributed by atoms with Gasteiger partial charge in [0, 0.05) is 6.54 Å². The summed E-state index contributed by atoms with van der Waals surface area (Å²) in [4.78, 5) is 11.8. The molecule has 6 heteroatoms. The van der Waals surface area contributed by atoms with E-state index in [4.69, 9.17) is 0 Å². The molecule has 0 radical (unpaired) electrons. The zero-order valence-electron chi connectivity index (χ0n) is 12.1. The normalized spacial score (nSPS) is 26.4. The van der Waals surface area contributed by atoms with Crippen molar-refractivity contribution in [1.29, 1.82) is 0 Å². The van der Waals surface area contributed by atoms with Crippen molar-refractivity contribution in [2.75, 3.05) is 6.54 Å². The fourth-order valence-electron chi connectivity index (χ4n) is 2.70. The first-order chi connectivity index (χ1) is 9.86. The van der Waals surface area contributed by atoms with Gasteiger partial charge in [-0.1, -0.05) is 25.1 Å². The maximum atomic E-state index is 12.2. The lowest BCUT2D eigenvalue weighted by molar-refractivity contribution is -0.151. The maximum absolute atomic E-state index is 12.2. The number of sulfonamides is 1. The van der Waals surface area contributed by atoms with Crippen LogP contribution < -0.4 is 4.72 Å². The Kier molecular flexibility index (Phi) is 4.68. The van der Waals surface area contributed by atoms with Gasteiger partial charge in [0.1, 0.15) is 0 Å². The van der Waals surface area contributed by atoms with Crippen molar-refractivity contribution in [3.63, 3.8) is 0 Å². The number of rotatable bonds is 5. The van der Waals surface area contributed by atoms with Crippen LogP contribution in [-0.4, -0.2) is 26.0 Å². The second-order valence-electron chi connectivity index (χ2n) is 5.91. The fourth-order valence-corrected chi connectivity index (χ4v) is 3.85. The molecular weight excluding hydrogens is 290 g/mol. The third-order valence-corrected chi connectivity index (χ3v) is 5.76. The number of carbonyl (C=O) groups is 1. The minimum Gasteiger partial charge on any atom is -0.481 e. The van der Waals surface area contributed by atoms with Crippen LogP contribution in [0.5, 0.6) is 0 Å². The number of carboxylic acids is 1. The van der Waals surface area contributed by atoms with E-state index in [9.17, 15) is 18.3 Å². The monoisotopic (exact) mass is 311 g/mol. The Labute approximate surface area is 125 Å². The van der Waals surface area contributed by atoms with Gasteiger partial charge in [0.2, 0.25) is 10.0 Å². The zero-order chi connectivity index (χ0) is 15.5. The Bertz CT molecular complexity index is 589. The summed E-state index contributed by atoms with van der Waals surface area (Å²) in [5.41, 5.74) is -0.978. The first-order valence-electron chi connectivity index (χ1n) is 7.14. The number of carboxylic acid groups (broad SMARTS) is 1. The molecule has 21 heavy (non-hydrogen) atoms. The highest BCUT2D eigenvalue weighted by atomic mass is 32.2. The van der Waals surface area contributed by atoms with Crippen molar-refractivity contribution in [2.24, 2.45) is 11.3 Å². The number of hydrogen-bond acceptors (Lipinski definition) is 3. The lowest BCUT2D eigenvalue weighted by atomic mass is 9.71. The van der Waals surface area contributed by atoms with Crippen molar-refractivity contribution in [1.82, 2.24) is 4.72 Å². The van der Waals surface area contributed by atoms with E-state index in [-0.39, 0.29) is 11.4 Å². The number of hydrogen-bond donors (Lipinski definition) is 2. The predicted octanol–water partition coefficient (Wildman–Crippen LogP) is 2.25. The van der Waals surface area contributed by atoms with Crippen LogP contribution in [0.3, 0.4) is 0 Å². The molecule has 0 bridgehead atoms. The van der Waals surface area contributed by atoms with Gasteiger partial charge in [-0.15, -0.1) is 0 Å². The molecule has 1 saturated carbocycles. The average molecular weight is 311 g/mol. The first-order valence-corrected chi connectivity index (χ1v) is 8.62. The smallest absolute Gasteiger partial charge is 0.310 e. The van der Waals surface area contributed by atoms with Crippen LogP contribution in [0.1, 0.15) is 32.6 Å². The molecule has 0 spiro atoms. The van der Waals surface area contributed by atoms with Crippen molar-refractivity contribution in [3.8, 4) is 0 Å². The number of benzene rings is 1. The Morgan fingerprint density at radius 3 is 2.38 bits per heavy atom. The Balaban J connectivity index is 2.11. The van der Waals surface area contributed by atoms with Crippen LogP contribution in [-0.2, 0) is 14.8 Å². The lowest BCUT2D eigenvalue weighted by Gasteiger charge is -2.35. The number of aliphatic carboxylic acids is 1. The second kappa shape index (κ2) is 6.15. The van der Waals surface area contributed by atoms with Gasteiger partial charge in [-0.3, -0.25) is 4.79 Å². The quantitative estimate of drug-likeness (QED) is 0.873. The van der Waals surface area contributed by atoms with Gasteiger partial charge in [0.15, 0.2) is 0 Å². The largest absolute Gasteiger partial charge is 0.481 e. The molecule has 0 aliphatic heterocycles. The van der Waals surface area contributed by atoms with Crippen LogP contribution in [0.25, 0.3) is 0 Å². The molecule has 0 heterocycles. The molecule has 1 aromatic rings. The SMILES string of the molecule is CC1CCC(CNS(=O)(=O)c2ccccc2)(C(=O)O)CC1. The molecule has 0 amide bonds. The highest BCUT2D eigenvalue weighted by Gasteiger charge is 2.41. The molecule has 1 aliphatic carbocycles. The molecule has 0 atom stereocenters. The molecule has 0 aromatic heterocycles. The fraction of sp³-hybridized carbons (Fsp3) is 0.533. The molecule has 1 aliphatic rings. The van der Waals surface area contributed by atoms with E-state index in [1.807, 2.05) is 0 Å². The first kappa shape index (κ1) is 16.0. The highest BCUT2D eigenvalue weighted by molar-refractivity contribution is 7.89. The van der Waals surface area contributed by atoms with Crippen LogP contribution in [0.2, 0.25) is 0 Å². The summed E-state index contributed by atoms with van der Waals surface area (Å²) in [6.45, 7) is 2.05. The topological polar surface area (TPSA) is 83.5 Å². The van der Waals surface area contributed by atoms with Gasteiger partial charge in [0.25, 0.3) is 0 Å². The Morgan fingerprint density at radius 2 is 1.86 bits per heavy atom. The molecule has 2 N–H and O–H groups in total. The van der Waals surface area contributed by atoms with E-state index >= 15 is 0 Å². The van der Waals surface area contributed by atoms with Crippen LogP contribution in [0.4, 0.5) is 0 Å². The van der Waals surface area contributed by atoms with E-state index in [1.54, 1.807) is 18.2 Å². The highest BCUT2D eigenvalue weighted by Crippen LogP contribution is 2.38. The summed E-state index contributed by atoms with van der Waals surface area (Å²) in [6, 6.07) is 8.02. The predicted molar refractivity (Wildman–Crippen MR) is 79.3 cm³/mol. The summed E-state index contributed by atoms with van der Waals surface area (Å²) in [6.07, 6.45) is 2.67. The van der Waals surface area contributed by atoms with E-state index in [0.29, 0.717) is 18.8 Å². The van der Waals surface area contributed by atoms with Gasteiger partial charge < -0.3 is 5.11 Å². The van der Waals surface area contributed by atoms with Gasteiger partial charge in [-0.2, -0.15) is 0 Å². The standard InChI is InChI=1S/C15H21NO4S/c1-12-7-9-15(10-8-12,14(17)18)11-16-21(19,20)13-5-3-2-4-6-13/h2-6,12,16H,7-11H2,1H3,(H,17,18). The maximum Gasteiger partial charge on any atom is 0.310 e.